The Labute approximate surface area is 164 Å². The smallest absolute Gasteiger partial charge is 0.00925 e. The van der Waals surface area contributed by atoms with Crippen LogP contribution in [0.2, 0.25) is 0 Å². The Kier molecular flexibility index (Phi) is 3.11. The molecule has 0 unspecified atom stereocenters. The van der Waals surface area contributed by atoms with E-state index in [4.69, 9.17) is 0 Å². The molecule has 0 spiro atoms. The molecule has 132 valence electrons. The van der Waals surface area contributed by atoms with E-state index in [2.05, 4.69) is 98.8 Å². The lowest BCUT2D eigenvalue weighted by molar-refractivity contribution is 1.53. The molecule has 0 saturated carbocycles. The third kappa shape index (κ3) is 1.95. The van der Waals surface area contributed by atoms with E-state index < -0.39 is 0 Å². The number of hydrogen-bond acceptors (Lipinski definition) is 0. The van der Waals surface area contributed by atoms with Crippen LogP contribution in [0.25, 0.3) is 53.9 Å². The van der Waals surface area contributed by atoms with Crippen LogP contribution in [0.4, 0.5) is 0 Å². The lowest BCUT2D eigenvalue weighted by Crippen LogP contribution is -1.90. The van der Waals surface area contributed by atoms with Gasteiger partial charge in [-0.05, 0) is 91.0 Å². The summed E-state index contributed by atoms with van der Waals surface area (Å²) in [6.07, 6.45) is 0. The molecule has 6 aromatic carbocycles. The zero-order valence-electron chi connectivity index (χ0n) is 16.1. The molecule has 0 heteroatoms. The molecular formula is C28H20. The summed E-state index contributed by atoms with van der Waals surface area (Å²) in [6, 6.07) is 31.3. The van der Waals surface area contributed by atoms with Crippen LogP contribution < -0.4 is 0 Å². The van der Waals surface area contributed by atoms with Crippen LogP contribution in [0, 0.1) is 13.8 Å². The molecule has 0 heterocycles. The van der Waals surface area contributed by atoms with Gasteiger partial charge in [-0.15, -0.1) is 0 Å². The second-order valence-electron chi connectivity index (χ2n) is 7.83. The predicted octanol–water partition coefficient (Wildman–Crippen LogP) is 8.07. The van der Waals surface area contributed by atoms with Crippen LogP contribution in [0.15, 0.2) is 84.9 Å². The summed E-state index contributed by atoms with van der Waals surface area (Å²) in [5, 5.41) is 13.5. The van der Waals surface area contributed by atoms with Crippen molar-refractivity contribution in [1.82, 2.24) is 0 Å². The molecule has 0 amide bonds. The first-order valence-electron chi connectivity index (χ1n) is 9.89. The largest absolute Gasteiger partial charge is 0.0616 e. The van der Waals surface area contributed by atoms with Gasteiger partial charge in [-0.25, -0.2) is 0 Å². The van der Waals surface area contributed by atoms with Crippen molar-refractivity contribution in [2.75, 3.05) is 0 Å². The number of aryl methyl sites for hydroxylation is 2. The Morgan fingerprint density at radius 1 is 0.321 bits per heavy atom. The second-order valence-corrected chi connectivity index (χ2v) is 7.83. The minimum Gasteiger partial charge on any atom is -0.0616 e. The summed E-state index contributed by atoms with van der Waals surface area (Å²) >= 11 is 0. The van der Waals surface area contributed by atoms with Gasteiger partial charge in [0.15, 0.2) is 0 Å². The molecule has 6 aromatic rings. The van der Waals surface area contributed by atoms with Gasteiger partial charge in [0.1, 0.15) is 0 Å². The second kappa shape index (κ2) is 5.56. The van der Waals surface area contributed by atoms with Crippen LogP contribution in [0.1, 0.15) is 11.1 Å². The minimum atomic E-state index is 1.33. The standard InChI is InChI=1S/C28H20/c1-17-19-9-3-4-10-20(19)18(2)26-16-28-24-14-8-6-12-22(24)21-11-5-7-13-23(21)27(28)15-25(17)26/h3-16H,1-2H3. The molecule has 0 aromatic heterocycles. The monoisotopic (exact) mass is 356 g/mol. The molecule has 0 aliphatic heterocycles. The zero-order chi connectivity index (χ0) is 18.8. The molecule has 0 aliphatic carbocycles. The van der Waals surface area contributed by atoms with E-state index >= 15 is 0 Å². The van der Waals surface area contributed by atoms with Gasteiger partial charge in [0.25, 0.3) is 0 Å². The number of hydrogen-bond donors (Lipinski definition) is 0. The molecule has 0 bridgehead atoms. The molecule has 0 saturated heterocycles. The highest BCUT2D eigenvalue weighted by atomic mass is 14.2. The minimum absolute atomic E-state index is 1.33. The van der Waals surface area contributed by atoms with Gasteiger partial charge < -0.3 is 0 Å². The van der Waals surface area contributed by atoms with Crippen molar-refractivity contribution in [3.05, 3.63) is 96.1 Å². The quantitative estimate of drug-likeness (QED) is 0.191. The molecule has 0 N–H and O–H groups in total. The van der Waals surface area contributed by atoms with Crippen LogP contribution in [0.3, 0.4) is 0 Å². The van der Waals surface area contributed by atoms with E-state index in [0.29, 0.717) is 0 Å². The highest BCUT2D eigenvalue weighted by molar-refractivity contribution is 6.28. The first-order chi connectivity index (χ1) is 13.7. The van der Waals surface area contributed by atoms with Crippen molar-refractivity contribution in [2.45, 2.75) is 13.8 Å². The van der Waals surface area contributed by atoms with Crippen LogP contribution in [0.5, 0.6) is 0 Å². The van der Waals surface area contributed by atoms with E-state index in [-0.39, 0.29) is 0 Å². The summed E-state index contributed by atoms with van der Waals surface area (Å²) in [5.41, 5.74) is 2.74. The molecule has 0 radical (unpaired) electrons. The average Bonchev–Trinajstić information content (AvgIpc) is 2.77. The first kappa shape index (κ1) is 15.7. The number of benzene rings is 6. The van der Waals surface area contributed by atoms with Crippen molar-refractivity contribution in [2.24, 2.45) is 0 Å². The normalized spacial score (nSPS) is 11.9. The lowest BCUT2D eigenvalue weighted by Gasteiger charge is -2.16. The summed E-state index contributed by atoms with van der Waals surface area (Å²) in [6.45, 7) is 4.53. The van der Waals surface area contributed by atoms with Gasteiger partial charge in [0.2, 0.25) is 0 Å². The van der Waals surface area contributed by atoms with Gasteiger partial charge in [-0.3, -0.25) is 0 Å². The maximum Gasteiger partial charge on any atom is -0.00925 e. The fourth-order valence-corrected chi connectivity index (χ4v) is 5.00. The molecule has 6 rings (SSSR count). The van der Waals surface area contributed by atoms with Gasteiger partial charge in [-0.2, -0.15) is 0 Å². The Morgan fingerprint density at radius 3 is 0.964 bits per heavy atom. The SMILES string of the molecule is Cc1c2ccccc2c(C)c2cc3c4ccccc4c4ccccc4c3cc12. The van der Waals surface area contributed by atoms with Crippen LogP contribution in [-0.4, -0.2) is 0 Å². The van der Waals surface area contributed by atoms with Gasteiger partial charge in [0.05, 0.1) is 0 Å². The Morgan fingerprint density at radius 2 is 0.607 bits per heavy atom. The van der Waals surface area contributed by atoms with Crippen LogP contribution in [-0.2, 0) is 0 Å². The van der Waals surface area contributed by atoms with E-state index in [9.17, 15) is 0 Å². The van der Waals surface area contributed by atoms with E-state index in [1.54, 1.807) is 0 Å². The fourth-order valence-electron chi connectivity index (χ4n) is 5.00. The van der Waals surface area contributed by atoms with E-state index in [0.717, 1.165) is 0 Å². The molecule has 28 heavy (non-hydrogen) atoms. The topological polar surface area (TPSA) is 0 Å². The zero-order valence-corrected chi connectivity index (χ0v) is 16.1. The predicted molar refractivity (Wildman–Crippen MR) is 123 cm³/mol. The van der Waals surface area contributed by atoms with Gasteiger partial charge >= 0.3 is 0 Å². The van der Waals surface area contributed by atoms with Crippen molar-refractivity contribution in [3.63, 3.8) is 0 Å². The third-order valence-corrected chi connectivity index (χ3v) is 6.43. The Balaban J connectivity index is 1.96. The fraction of sp³-hybridized carbons (Fsp3) is 0.0714. The maximum atomic E-state index is 2.42. The maximum absolute atomic E-state index is 2.42. The summed E-state index contributed by atoms with van der Waals surface area (Å²) < 4.78 is 0. The van der Waals surface area contributed by atoms with Crippen LogP contribution >= 0.6 is 0 Å². The molecule has 0 nitrogen and oxygen atoms in total. The summed E-state index contributed by atoms with van der Waals surface area (Å²) in [5.74, 6) is 0. The highest BCUT2D eigenvalue weighted by Gasteiger charge is 2.13. The highest BCUT2D eigenvalue weighted by Crippen LogP contribution is 2.40. The summed E-state index contributed by atoms with van der Waals surface area (Å²) in [4.78, 5) is 0. The lowest BCUT2D eigenvalue weighted by atomic mass is 9.88. The average molecular weight is 356 g/mol. The van der Waals surface area contributed by atoms with Crippen molar-refractivity contribution in [1.29, 1.82) is 0 Å². The van der Waals surface area contributed by atoms with Crippen molar-refractivity contribution in [3.8, 4) is 0 Å². The van der Waals surface area contributed by atoms with E-state index in [1.807, 2.05) is 0 Å². The number of fused-ring (bicyclic) bond motifs is 8. The molecular weight excluding hydrogens is 336 g/mol. The van der Waals surface area contributed by atoms with Gasteiger partial charge in [0, 0.05) is 0 Å². The molecule has 0 atom stereocenters. The Hall–Kier alpha value is -3.38. The number of rotatable bonds is 0. The van der Waals surface area contributed by atoms with E-state index in [1.165, 1.54) is 65.0 Å². The first-order valence-corrected chi connectivity index (χ1v) is 9.89. The summed E-state index contributed by atoms with van der Waals surface area (Å²) in [7, 11) is 0. The molecule has 0 aliphatic rings. The van der Waals surface area contributed by atoms with Crippen molar-refractivity contribution < 1.29 is 0 Å². The van der Waals surface area contributed by atoms with Gasteiger partial charge in [-0.1, -0.05) is 72.8 Å². The molecule has 0 fully saturated rings. The third-order valence-electron chi connectivity index (χ3n) is 6.43. The Bertz CT molecular complexity index is 1450. The van der Waals surface area contributed by atoms with Crippen molar-refractivity contribution >= 4 is 53.9 Å².